The molecule has 4 aromatic rings. The van der Waals surface area contributed by atoms with Crippen LogP contribution >= 0.6 is 11.6 Å². The van der Waals surface area contributed by atoms with Crippen molar-refractivity contribution in [3.05, 3.63) is 93.8 Å². The Kier molecular flexibility index (Phi) is 6.78. The molecule has 2 aromatic carbocycles. The van der Waals surface area contributed by atoms with Crippen LogP contribution in [0.25, 0.3) is 11.4 Å². The first-order chi connectivity index (χ1) is 18.8. The van der Waals surface area contributed by atoms with Crippen LogP contribution in [0.15, 0.2) is 54.7 Å². The Hall–Kier alpha value is -4.73. The number of methoxy groups -OCH3 is 1. The molecule has 0 spiro atoms. The smallest absolute Gasteiger partial charge is 0.279 e. The number of benzene rings is 2. The lowest BCUT2D eigenvalue weighted by molar-refractivity contribution is 0.0988. The van der Waals surface area contributed by atoms with Gasteiger partial charge in [-0.25, -0.2) is 9.37 Å². The molecule has 1 aliphatic heterocycles. The van der Waals surface area contributed by atoms with E-state index in [1.165, 1.54) is 30.3 Å². The summed E-state index contributed by atoms with van der Waals surface area (Å²) in [4.78, 5) is 24.4. The number of amides is 1. The van der Waals surface area contributed by atoms with Gasteiger partial charge < -0.3 is 9.30 Å². The quantitative estimate of drug-likeness (QED) is 0.296. The third-order valence-electron chi connectivity index (χ3n) is 6.59. The Balaban J connectivity index is 1.80. The number of imidazole rings is 1. The van der Waals surface area contributed by atoms with Gasteiger partial charge in [0.2, 0.25) is 0 Å². The minimum atomic E-state index is -0.761. The van der Waals surface area contributed by atoms with Crippen molar-refractivity contribution in [3.8, 4) is 29.3 Å². The molecule has 10 heteroatoms. The molecule has 0 aliphatic carbocycles. The minimum Gasteiger partial charge on any atom is -0.494 e. The van der Waals surface area contributed by atoms with Crippen LogP contribution < -0.4 is 9.64 Å². The van der Waals surface area contributed by atoms with E-state index >= 15 is 4.39 Å². The second-order valence-electron chi connectivity index (χ2n) is 9.23. The van der Waals surface area contributed by atoms with E-state index in [2.05, 4.69) is 17.1 Å². The fourth-order valence-electron chi connectivity index (χ4n) is 4.91. The molecule has 1 amide bonds. The molecule has 3 heterocycles. The average Bonchev–Trinajstić information content (AvgIpc) is 3.45. The Morgan fingerprint density at radius 3 is 2.56 bits per heavy atom. The molecule has 1 atom stereocenters. The third-order valence-corrected chi connectivity index (χ3v) is 6.89. The van der Waals surface area contributed by atoms with Crippen LogP contribution in [-0.4, -0.2) is 27.6 Å². The maximum Gasteiger partial charge on any atom is 0.279 e. The molecular formula is C29H22ClFN6O2. The fourth-order valence-corrected chi connectivity index (χ4v) is 5.07. The summed E-state index contributed by atoms with van der Waals surface area (Å²) in [6, 6.07) is 16.3. The van der Waals surface area contributed by atoms with Crippen molar-refractivity contribution in [2.75, 3.05) is 12.0 Å². The zero-order valence-corrected chi connectivity index (χ0v) is 22.1. The van der Waals surface area contributed by atoms with Crippen molar-refractivity contribution in [2.24, 2.45) is 0 Å². The van der Waals surface area contributed by atoms with Crippen LogP contribution in [0.1, 0.15) is 58.9 Å². The second kappa shape index (κ2) is 10.2. The first kappa shape index (κ1) is 25.9. The van der Waals surface area contributed by atoms with Gasteiger partial charge in [0.1, 0.15) is 17.6 Å². The van der Waals surface area contributed by atoms with Crippen molar-refractivity contribution in [1.29, 1.82) is 10.5 Å². The van der Waals surface area contributed by atoms with Gasteiger partial charge >= 0.3 is 0 Å². The number of carbonyl (C=O) groups is 1. The molecule has 0 radical (unpaired) electrons. The Bertz CT molecular complexity index is 1680. The highest BCUT2D eigenvalue weighted by Gasteiger charge is 2.45. The van der Waals surface area contributed by atoms with Crippen LogP contribution in [0.5, 0.6) is 5.75 Å². The Morgan fingerprint density at radius 1 is 1.18 bits per heavy atom. The topological polar surface area (TPSA) is 108 Å². The first-order valence-electron chi connectivity index (χ1n) is 12.1. The highest BCUT2D eigenvalue weighted by Crippen LogP contribution is 2.46. The van der Waals surface area contributed by atoms with Crippen molar-refractivity contribution < 1.29 is 13.9 Å². The zero-order valence-electron chi connectivity index (χ0n) is 21.3. The third kappa shape index (κ3) is 4.27. The summed E-state index contributed by atoms with van der Waals surface area (Å²) in [7, 11) is 1.51. The number of fused-ring (bicyclic) bond motifs is 1. The van der Waals surface area contributed by atoms with Gasteiger partial charge in [-0.1, -0.05) is 29.8 Å². The second-order valence-corrected chi connectivity index (χ2v) is 9.64. The summed E-state index contributed by atoms with van der Waals surface area (Å²) >= 11 is 6.11. The van der Waals surface area contributed by atoms with Crippen LogP contribution in [0, 0.1) is 28.5 Å². The summed E-state index contributed by atoms with van der Waals surface area (Å²) in [6.45, 7) is 3.91. The monoisotopic (exact) mass is 540 g/mol. The normalized spacial score (nSPS) is 14.3. The molecule has 0 fully saturated rings. The molecule has 8 nitrogen and oxygen atoms in total. The molecule has 0 bridgehead atoms. The largest absolute Gasteiger partial charge is 0.494 e. The maximum atomic E-state index is 15.3. The number of nitrogens with zero attached hydrogens (tertiary/aromatic N) is 6. The van der Waals surface area contributed by atoms with E-state index in [1.54, 1.807) is 36.4 Å². The number of anilines is 1. The molecule has 0 saturated carbocycles. The molecule has 39 heavy (non-hydrogen) atoms. The molecular weight excluding hydrogens is 519 g/mol. The van der Waals surface area contributed by atoms with E-state index in [4.69, 9.17) is 21.3 Å². The van der Waals surface area contributed by atoms with Crippen molar-refractivity contribution in [1.82, 2.24) is 14.5 Å². The number of hydrogen-bond acceptors (Lipinski definition) is 6. The van der Waals surface area contributed by atoms with Crippen molar-refractivity contribution >= 4 is 23.2 Å². The van der Waals surface area contributed by atoms with Gasteiger partial charge in [0.15, 0.2) is 11.5 Å². The van der Waals surface area contributed by atoms with E-state index in [-0.39, 0.29) is 28.9 Å². The minimum absolute atomic E-state index is 0.0227. The average molecular weight is 541 g/mol. The lowest BCUT2D eigenvalue weighted by Gasteiger charge is -2.29. The predicted octanol–water partition coefficient (Wildman–Crippen LogP) is 6.01. The summed E-state index contributed by atoms with van der Waals surface area (Å²) in [5, 5.41) is 18.4. The van der Waals surface area contributed by atoms with Gasteiger partial charge in [-0.2, -0.15) is 10.5 Å². The van der Waals surface area contributed by atoms with Crippen molar-refractivity contribution in [3.63, 3.8) is 0 Å². The van der Waals surface area contributed by atoms with E-state index in [1.807, 2.05) is 18.4 Å². The van der Waals surface area contributed by atoms with E-state index in [0.717, 1.165) is 0 Å². The number of carbonyl (C=O) groups excluding carboxylic acids is 1. The molecule has 1 aliphatic rings. The van der Waals surface area contributed by atoms with Crippen LogP contribution in [-0.2, 0) is 6.42 Å². The number of ether oxygens (including phenoxy) is 1. The lowest BCUT2D eigenvalue weighted by Crippen LogP contribution is -2.31. The number of aromatic nitrogens is 3. The summed E-state index contributed by atoms with van der Waals surface area (Å²) in [5.74, 6) is -0.315. The lowest BCUT2D eigenvalue weighted by atomic mass is 10.0. The molecule has 0 N–H and O–H groups in total. The van der Waals surface area contributed by atoms with Gasteiger partial charge in [0.05, 0.1) is 65.1 Å². The summed E-state index contributed by atoms with van der Waals surface area (Å²) in [6.07, 6.45) is 1.62. The molecule has 194 valence electrons. The van der Waals surface area contributed by atoms with E-state index in [9.17, 15) is 15.3 Å². The SMILES string of the molecule is COc1cnc(CC#N)cc1-c1nc2c(n1C(C)C)[C@@H](c1ccc(C#N)cc1)N(c1cccc(Cl)c1F)C2=O. The van der Waals surface area contributed by atoms with Crippen LogP contribution in [0.4, 0.5) is 10.1 Å². The van der Waals surface area contributed by atoms with Crippen LogP contribution in [0.3, 0.4) is 0 Å². The highest BCUT2D eigenvalue weighted by molar-refractivity contribution is 6.31. The first-order valence-corrected chi connectivity index (χ1v) is 12.5. The molecule has 0 unspecified atom stereocenters. The Morgan fingerprint density at radius 2 is 1.92 bits per heavy atom. The fraction of sp³-hybridized carbons (Fsp3) is 0.207. The number of hydrogen-bond donors (Lipinski definition) is 0. The van der Waals surface area contributed by atoms with Gasteiger partial charge in [-0.05, 0) is 49.7 Å². The van der Waals surface area contributed by atoms with Gasteiger partial charge in [0.25, 0.3) is 5.91 Å². The number of halogens is 2. The maximum absolute atomic E-state index is 15.3. The zero-order chi connectivity index (χ0) is 27.8. The van der Waals surface area contributed by atoms with Gasteiger partial charge in [-0.15, -0.1) is 0 Å². The Labute approximate surface area is 229 Å². The predicted molar refractivity (Wildman–Crippen MR) is 143 cm³/mol. The molecule has 5 rings (SSSR count). The van der Waals surface area contributed by atoms with Gasteiger partial charge in [0, 0.05) is 6.04 Å². The number of rotatable bonds is 6. The molecule has 0 saturated heterocycles. The summed E-state index contributed by atoms with van der Waals surface area (Å²) in [5.41, 5.74) is 2.98. The number of nitriles is 2. The standard InChI is InChI=1S/C29H22ClFN6O2/c1-16(2)36-27-25(35-28(36)20-13-19(11-12-32)34-15-23(20)39-3)29(38)37(22-6-4-5-21(30)24(22)31)26(27)18-9-7-17(14-33)8-10-18/h4-10,13,15-16,26H,11H2,1-3H3/t26-/m1/s1. The highest BCUT2D eigenvalue weighted by atomic mass is 35.5. The van der Waals surface area contributed by atoms with Gasteiger partial charge in [-0.3, -0.25) is 14.7 Å². The number of pyridine rings is 1. The van der Waals surface area contributed by atoms with E-state index < -0.39 is 17.8 Å². The van der Waals surface area contributed by atoms with Crippen LogP contribution in [0.2, 0.25) is 5.02 Å². The molecule has 2 aromatic heterocycles. The van der Waals surface area contributed by atoms with Crippen molar-refractivity contribution in [2.45, 2.75) is 32.4 Å². The van der Waals surface area contributed by atoms with E-state index in [0.29, 0.717) is 39.7 Å². The summed E-state index contributed by atoms with van der Waals surface area (Å²) < 4.78 is 22.8.